The highest BCUT2D eigenvalue weighted by molar-refractivity contribution is 7.09. The molecule has 1 saturated heterocycles. The molecule has 2 rings (SSSR count). The van der Waals surface area contributed by atoms with Gasteiger partial charge in [0.15, 0.2) is 0 Å². The summed E-state index contributed by atoms with van der Waals surface area (Å²) in [5, 5.41) is 3.37. The van der Waals surface area contributed by atoms with E-state index in [0.717, 1.165) is 17.8 Å². The van der Waals surface area contributed by atoms with E-state index in [0.29, 0.717) is 19.0 Å². The number of thiazole rings is 1. The van der Waals surface area contributed by atoms with Gasteiger partial charge in [-0.05, 0) is 32.4 Å². The number of likely N-dealkylation sites (tertiary alicyclic amines) is 1. The maximum Gasteiger partial charge on any atom is 0.401 e. The third kappa shape index (κ3) is 4.74. The highest BCUT2D eigenvalue weighted by Gasteiger charge is 2.34. The van der Waals surface area contributed by atoms with Gasteiger partial charge in [0.05, 0.1) is 12.1 Å². The van der Waals surface area contributed by atoms with E-state index >= 15 is 0 Å². The van der Waals surface area contributed by atoms with Crippen molar-refractivity contribution in [1.29, 1.82) is 0 Å². The van der Waals surface area contributed by atoms with Crippen molar-refractivity contribution in [3.8, 4) is 0 Å². The van der Waals surface area contributed by atoms with Crippen LogP contribution in [0.5, 0.6) is 0 Å². The third-order valence-corrected chi connectivity index (χ3v) is 4.32. The summed E-state index contributed by atoms with van der Waals surface area (Å²) >= 11 is 1.59. The molecule has 3 nitrogen and oxygen atoms in total. The van der Waals surface area contributed by atoms with Gasteiger partial charge in [0, 0.05) is 23.7 Å². The molecule has 0 aromatic carbocycles. The largest absolute Gasteiger partial charge is 0.401 e. The number of aromatic nitrogens is 1. The van der Waals surface area contributed by atoms with Crippen LogP contribution in [0.1, 0.15) is 24.3 Å². The summed E-state index contributed by atoms with van der Waals surface area (Å²) in [4.78, 5) is 6.67. The zero-order valence-electron chi connectivity index (χ0n) is 10.8. The van der Waals surface area contributed by atoms with Gasteiger partial charge < -0.3 is 5.32 Å². The molecule has 0 aliphatic carbocycles. The average molecular weight is 293 g/mol. The normalized spacial score (nSPS) is 22.8. The molecule has 0 radical (unpaired) electrons. The Morgan fingerprint density at radius 3 is 3.00 bits per heavy atom. The van der Waals surface area contributed by atoms with Crippen molar-refractivity contribution in [1.82, 2.24) is 15.2 Å². The monoisotopic (exact) mass is 293 g/mol. The molecule has 0 spiro atoms. The number of alkyl halides is 3. The highest BCUT2D eigenvalue weighted by atomic mass is 32.1. The molecule has 1 fully saturated rings. The Hall–Kier alpha value is -0.660. The molecule has 7 heteroatoms. The van der Waals surface area contributed by atoms with Crippen LogP contribution in [-0.4, -0.2) is 42.2 Å². The predicted octanol–water partition coefficient (Wildman–Crippen LogP) is 2.68. The molecule has 0 amide bonds. The molecule has 1 N–H and O–H groups in total. The molecule has 19 heavy (non-hydrogen) atoms. The summed E-state index contributed by atoms with van der Waals surface area (Å²) in [5.41, 5.74) is 1.79. The van der Waals surface area contributed by atoms with Gasteiger partial charge in [-0.1, -0.05) is 0 Å². The van der Waals surface area contributed by atoms with Crippen LogP contribution in [0.25, 0.3) is 0 Å². The third-order valence-electron chi connectivity index (χ3n) is 3.36. The van der Waals surface area contributed by atoms with Crippen LogP contribution in [0.3, 0.4) is 0 Å². The van der Waals surface area contributed by atoms with Crippen molar-refractivity contribution in [3.05, 3.63) is 16.6 Å². The molecule has 0 bridgehead atoms. The van der Waals surface area contributed by atoms with Crippen molar-refractivity contribution >= 4 is 11.3 Å². The molecule has 2 atom stereocenters. The summed E-state index contributed by atoms with van der Waals surface area (Å²) in [7, 11) is 0. The quantitative estimate of drug-likeness (QED) is 0.904. The molecule has 0 saturated carbocycles. The van der Waals surface area contributed by atoms with Gasteiger partial charge >= 0.3 is 6.18 Å². The van der Waals surface area contributed by atoms with E-state index < -0.39 is 12.7 Å². The summed E-state index contributed by atoms with van der Waals surface area (Å²) in [5.74, 6) is 0.303. The molecule has 2 unspecified atom stereocenters. The van der Waals surface area contributed by atoms with Crippen molar-refractivity contribution in [2.75, 3.05) is 26.2 Å². The van der Waals surface area contributed by atoms with Gasteiger partial charge in [-0.3, -0.25) is 9.88 Å². The van der Waals surface area contributed by atoms with Crippen LogP contribution >= 0.6 is 11.3 Å². The van der Waals surface area contributed by atoms with Crippen molar-refractivity contribution < 1.29 is 13.2 Å². The highest BCUT2D eigenvalue weighted by Crippen LogP contribution is 2.23. The lowest BCUT2D eigenvalue weighted by Crippen LogP contribution is -2.34. The Bertz CT molecular complexity index is 380. The molecule has 1 aromatic rings. The fourth-order valence-electron chi connectivity index (χ4n) is 2.36. The first-order valence-corrected chi connectivity index (χ1v) is 7.23. The molecule has 108 valence electrons. The number of rotatable bonds is 5. The topological polar surface area (TPSA) is 28.2 Å². The van der Waals surface area contributed by atoms with E-state index in [1.165, 1.54) is 4.90 Å². The number of halogens is 3. The average Bonchev–Trinajstić information content (AvgIpc) is 2.94. The van der Waals surface area contributed by atoms with Crippen molar-refractivity contribution in [3.63, 3.8) is 0 Å². The minimum absolute atomic E-state index is 0.212. The first-order chi connectivity index (χ1) is 8.94. The van der Waals surface area contributed by atoms with Gasteiger partial charge in [-0.25, -0.2) is 0 Å². The fraction of sp³-hybridized carbons (Fsp3) is 0.750. The van der Waals surface area contributed by atoms with Gasteiger partial charge in [0.25, 0.3) is 0 Å². The summed E-state index contributed by atoms with van der Waals surface area (Å²) < 4.78 is 36.8. The fourth-order valence-corrected chi connectivity index (χ4v) is 3.01. The zero-order chi connectivity index (χ0) is 13.9. The smallest absolute Gasteiger partial charge is 0.309 e. The Morgan fingerprint density at radius 1 is 1.58 bits per heavy atom. The molecule has 1 aliphatic rings. The standard InChI is InChI=1S/C12H18F3N3S/c1-9(11-5-16-8-19-11)17-4-10-2-3-18(6-10)7-12(13,14)15/h5,8-10,17H,2-4,6-7H2,1H3. The SMILES string of the molecule is CC(NCC1CCN(CC(F)(F)F)C1)c1cncs1. The Morgan fingerprint density at radius 2 is 2.37 bits per heavy atom. The van der Waals surface area contributed by atoms with Crippen LogP contribution in [0.2, 0.25) is 0 Å². The van der Waals surface area contributed by atoms with E-state index in [1.807, 2.05) is 6.20 Å². The summed E-state index contributed by atoms with van der Waals surface area (Å²) in [6.45, 7) is 3.10. The number of nitrogens with zero attached hydrogens (tertiary/aromatic N) is 2. The van der Waals surface area contributed by atoms with E-state index in [-0.39, 0.29) is 6.04 Å². The van der Waals surface area contributed by atoms with Crippen LogP contribution in [0.4, 0.5) is 13.2 Å². The zero-order valence-corrected chi connectivity index (χ0v) is 11.6. The number of hydrogen-bond donors (Lipinski definition) is 1. The Balaban J connectivity index is 1.71. The van der Waals surface area contributed by atoms with Crippen LogP contribution in [0.15, 0.2) is 11.7 Å². The molecular weight excluding hydrogens is 275 g/mol. The van der Waals surface area contributed by atoms with Gasteiger partial charge in [0.2, 0.25) is 0 Å². The lowest BCUT2D eigenvalue weighted by atomic mass is 10.1. The van der Waals surface area contributed by atoms with Gasteiger partial charge in [-0.2, -0.15) is 13.2 Å². The maximum atomic E-state index is 12.3. The number of hydrogen-bond acceptors (Lipinski definition) is 4. The summed E-state index contributed by atoms with van der Waals surface area (Å²) in [6.07, 6.45) is -1.43. The van der Waals surface area contributed by atoms with Crippen LogP contribution in [0, 0.1) is 5.92 Å². The van der Waals surface area contributed by atoms with Crippen molar-refractivity contribution in [2.45, 2.75) is 25.6 Å². The Labute approximate surface area is 114 Å². The lowest BCUT2D eigenvalue weighted by Gasteiger charge is -2.19. The first kappa shape index (κ1) is 14.7. The molecule has 1 aliphatic heterocycles. The molecular formula is C12H18F3N3S. The second-order valence-corrected chi connectivity index (χ2v) is 5.96. The minimum atomic E-state index is -4.09. The summed E-state index contributed by atoms with van der Waals surface area (Å²) in [6, 6.07) is 0.212. The van der Waals surface area contributed by atoms with Gasteiger partial charge in [0.1, 0.15) is 0 Å². The van der Waals surface area contributed by atoms with E-state index in [2.05, 4.69) is 17.2 Å². The Kier molecular flexibility index (Phi) is 4.81. The molecule has 2 heterocycles. The van der Waals surface area contributed by atoms with E-state index in [4.69, 9.17) is 0 Å². The van der Waals surface area contributed by atoms with Crippen LogP contribution in [-0.2, 0) is 0 Å². The lowest BCUT2D eigenvalue weighted by molar-refractivity contribution is -0.143. The first-order valence-electron chi connectivity index (χ1n) is 6.35. The minimum Gasteiger partial charge on any atom is -0.309 e. The van der Waals surface area contributed by atoms with E-state index in [1.54, 1.807) is 16.8 Å². The molecule has 1 aromatic heterocycles. The predicted molar refractivity (Wildman–Crippen MR) is 69.1 cm³/mol. The van der Waals surface area contributed by atoms with Crippen LogP contribution < -0.4 is 5.32 Å². The van der Waals surface area contributed by atoms with Crippen molar-refractivity contribution in [2.24, 2.45) is 5.92 Å². The maximum absolute atomic E-state index is 12.3. The number of nitrogens with one attached hydrogen (secondary N) is 1. The van der Waals surface area contributed by atoms with Gasteiger partial charge in [-0.15, -0.1) is 11.3 Å². The second-order valence-electron chi connectivity index (χ2n) is 5.04. The van der Waals surface area contributed by atoms with E-state index in [9.17, 15) is 13.2 Å². The second kappa shape index (κ2) is 6.19.